The van der Waals surface area contributed by atoms with Crippen molar-refractivity contribution in [2.45, 2.75) is 13.0 Å². The molecule has 0 spiro atoms. The van der Waals surface area contributed by atoms with Crippen LogP contribution in [0.1, 0.15) is 22.3 Å². The third-order valence-corrected chi connectivity index (χ3v) is 3.95. The van der Waals surface area contributed by atoms with E-state index in [9.17, 15) is 4.79 Å². The van der Waals surface area contributed by atoms with E-state index in [1.54, 1.807) is 12.1 Å². The Labute approximate surface area is 136 Å². The number of esters is 1. The van der Waals surface area contributed by atoms with E-state index in [2.05, 4.69) is 5.32 Å². The molecule has 120 valence electrons. The van der Waals surface area contributed by atoms with Crippen molar-refractivity contribution in [2.75, 3.05) is 19.7 Å². The molecule has 1 aliphatic rings. The zero-order chi connectivity index (χ0) is 15.9. The first-order valence-corrected chi connectivity index (χ1v) is 7.96. The van der Waals surface area contributed by atoms with Crippen molar-refractivity contribution in [1.29, 1.82) is 0 Å². The molecule has 4 heteroatoms. The highest BCUT2D eigenvalue weighted by atomic mass is 16.5. The SMILES string of the molecule is O=C(OCc1ccccc1)c1ccc(OC[C@@H]2CCNC2)cc1. The molecule has 1 aliphatic heterocycles. The molecule has 2 aromatic carbocycles. The highest BCUT2D eigenvalue weighted by molar-refractivity contribution is 5.89. The minimum Gasteiger partial charge on any atom is -0.493 e. The van der Waals surface area contributed by atoms with Gasteiger partial charge in [-0.2, -0.15) is 0 Å². The smallest absolute Gasteiger partial charge is 0.338 e. The molecule has 1 saturated heterocycles. The molecule has 0 radical (unpaired) electrons. The summed E-state index contributed by atoms with van der Waals surface area (Å²) in [6.45, 7) is 3.08. The average Bonchev–Trinajstić information content (AvgIpc) is 3.13. The molecule has 0 aromatic heterocycles. The predicted molar refractivity (Wildman–Crippen MR) is 88.5 cm³/mol. The molecular formula is C19H21NO3. The third kappa shape index (κ3) is 4.57. The van der Waals surface area contributed by atoms with Crippen LogP contribution in [0.5, 0.6) is 5.75 Å². The second-order valence-electron chi connectivity index (χ2n) is 5.76. The first-order valence-electron chi connectivity index (χ1n) is 7.96. The molecule has 3 rings (SSSR count). The van der Waals surface area contributed by atoms with E-state index in [4.69, 9.17) is 9.47 Å². The van der Waals surface area contributed by atoms with Gasteiger partial charge in [-0.25, -0.2) is 4.79 Å². The summed E-state index contributed by atoms with van der Waals surface area (Å²) in [7, 11) is 0. The van der Waals surface area contributed by atoms with Gasteiger partial charge in [0.25, 0.3) is 0 Å². The maximum atomic E-state index is 12.0. The molecule has 1 fully saturated rings. The first kappa shape index (κ1) is 15.6. The Morgan fingerprint density at radius 3 is 2.57 bits per heavy atom. The summed E-state index contributed by atoms with van der Waals surface area (Å²) in [5.41, 5.74) is 1.52. The lowest BCUT2D eigenvalue weighted by Crippen LogP contribution is -2.15. The fourth-order valence-corrected chi connectivity index (χ4v) is 2.56. The molecule has 23 heavy (non-hydrogen) atoms. The minimum atomic E-state index is -0.319. The normalized spacial score (nSPS) is 17.0. The molecule has 0 saturated carbocycles. The largest absolute Gasteiger partial charge is 0.493 e. The van der Waals surface area contributed by atoms with E-state index >= 15 is 0 Å². The summed E-state index contributed by atoms with van der Waals surface area (Å²) in [5.74, 6) is 1.04. The monoisotopic (exact) mass is 311 g/mol. The fraction of sp³-hybridized carbons (Fsp3) is 0.316. The molecule has 0 unspecified atom stereocenters. The van der Waals surface area contributed by atoms with Crippen LogP contribution in [-0.2, 0) is 11.3 Å². The van der Waals surface area contributed by atoms with Crippen molar-refractivity contribution in [2.24, 2.45) is 5.92 Å². The zero-order valence-electron chi connectivity index (χ0n) is 13.0. The van der Waals surface area contributed by atoms with Crippen LogP contribution in [0.3, 0.4) is 0 Å². The molecular weight excluding hydrogens is 290 g/mol. The van der Waals surface area contributed by atoms with Crippen LogP contribution in [0.15, 0.2) is 54.6 Å². The lowest BCUT2D eigenvalue weighted by molar-refractivity contribution is 0.0472. The Morgan fingerprint density at radius 2 is 1.87 bits per heavy atom. The third-order valence-electron chi connectivity index (χ3n) is 3.95. The first-order chi connectivity index (χ1) is 11.3. The number of rotatable bonds is 6. The average molecular weight is 311 g/mol. The molecule has 1 N–H and O–H groups in total. The van der Waals surface area contributed by atoms with E-state index in [1.807, 2.05) is 42.5 Å². The van der Waals surface area contributed by atoms with Crippen LogP contribution in [0.2, 0.25) is 0 Å². The number of hydrogen-bond acceptors (Lipinski definition) is 4. The fourth-order valence-electron chi connectivity index (χ4n) is 2.56. The maximum Gasteiger partial charge on any atom is 0.338 e. The molecule has 1 heterocycles. The van der Waals surface area contributed by atoms with Gasteiger partial charge in [0.2, 0.25) is 0 Å². The van der Waals surface area contributed by atoms with E-state index < -0.39 is 0 Å². The topological polar surface area (TPSA) is 47.6 Å². The van der Waals surface area contributed by atoms with Gasteiger partial charge >= 0.3 is 5.97 Å². The summed E-state index contributed by atoms with van der Waals surface area (Å²) in [6.07, 6.45) is 1.16. The Morgan fingerprint density at radius 1 is 1.09 bits per heavy atom. The number of ether oxygens (including phenoxy) is 2. The van der Waals surface area contributed by atoms with Gasteiger partial charge < -0.3 is 14.8 Å². The summed E-state index contributed by atoms with van der Waals surface area (Å²) < 4.78 is 11.1. The van der Waals surface area contributed by atoms with Gasteiger partial charge in [-0.15, -0.1) is 0 Å². The van der Waals surface area contributed by atoms with Gasteiger partial charge in [0.1, 0.15) is 12.4 Å². The van der Waals surface area contributed by atoms with E-state index in [1.165, 1.54) is 0 Å². The Kier molecular flexibility index (Phi) is 5.27. The van der Waals surface area contributed by atoms with Gasteiger partial charge in [-0.1, -0.05) is 30.3 Å². The van der Waals surface area contributed by atoms with Crippen molar-refractivity contribution in [3.63, 3.8) is 0 Å². The second-order valence-corrected chi connectivity index (χ2v) is 5.76. The summed E-state index contributed by atoms with van der Waals surface area (Å²) in [6, 6.07) is 16.8. The van der Waals surface area contributed by atoms with Crippen LogP contribution in [0.4, 0.5) is 0 Å². The van der Waals surface area contributed by atoms with Crippen molar-refractivity contribution < 1.29 is 14.3 Å². The molecule has 2 aromatic rings. The van der Waals surface area contributed by atoms with Crippen LogP contribution >= 0.6 is 0 Å². The highest BCUT2D eigenvalue weighted by Gasteiger charge is 2.15. The van der Waals surface area contributed by atoms with Crippen molar-refractivity contribution in [3.05, 3.63) is 65.7 Å². The van der Waals surface area contributed by atoms with Crippen LogP contribution in [0, 0.1) is 5.92 Å². The lowest BCUT2D eigenvalue weighted by atomic mass is 10.1. The molecule has 0 bridgehead atoms. The Hall–Kier alpha value is -2.33. The number of nitrogens with one attached hydrogen (secondary N) is 1. The molecule has 0 amide bonds. The molecule has 0 aliphatic carbocycles. The van der Waals surface area contributed by atoms with Gasteiger partial charge in [0.05, 0.1) is 12.2 Å². The number of carbonyl (C=O) groups is 1. The standard InChI is InChI=1S/C19H21NO3/c21-19(23-13-15-4-2-1-3-5-15)17-6-8-18(9-7-17)22-14-16-10-11-20-12-16/h1-9,16,20H,10-14H2/t16-/m1/s1. The molecule has 1 atom stereocenters. The van der Waals surface area contributed by atoms with Gasteiger partial charge in [-0.05, 0) is 42.8 Å². The Bertz CT molecular complexity index is 619. The van der Waals surface area contributed by atoms with E-state index in [-0.39, 0.29) is 12.6 Å². The Balaban J connectivity index is 1.48. The quantitative estimate of drug-likeness (QED) is 0.833. The van der Waals surface area contributed by atoms with Gasteiger partial charge in [0, 0.05) is 12.5 Å². The minimum absolute atomic E-state index is 0.284. The van der Waals surface area contributed by atoms with Crippen LogP contribution in [-0.4, -0.2) is 25.7 Å². The van der Waals surface area contributed by atoms with Crippen molar-refractivity contribution >= 4 is 5.97 Å². The van der Waals surface area contributed by atoms with Crippen LogP contribution in [0.25, 0.3) is 0 Å². The zero-order valence-corrected chi connectivity index (χ0v) is 13.0. The van der Waals surface area contributed by atoms with Gasteiger partial charge in [0.15, 0.2) is 0 Å². The maximum absolute atomic E-state index is 12.0. The molecule has 4 nitrogen and oxygen atoms in total. The van der Waals surface area contributed by atoms with Crippen molar-refractivity contribution in [1.82, 2.24) is 5.32 Å². The summed E-state index contributed by atoms with van der Waals surface area (Å²) in [5, 5.41) is 3.32. The number of hydrogen-bond donors (Lipinski definition) is 1. The van der Waals surface area contributed by atoms with Crippen molar-refractivity contribution in [3.8, 4) is 5.75 Å². The van der Waals surface area contributed by atoms with E-state index in [0.717, 1.165) is 30.8 Å². The van der Waals surface area contributed by atoms with Gasteiger partial charge in [-0.3, -0.25) is 0 Å². The number of benzene rings is 2. The second kappa shape index (κ2) is 7.79. The van der Waals surface area contributed by atoms with Crippen LogP contribution < -0.4 is 10.1 Å². The summed E-state index contributed by atoms with van der Waals surface area (Å²) in [4.78, 5) is 12.0. The predicted octanol–water partition coefficient (Wildman–Crippen LogP) is 3.03. The number of carbonyl (C=O) groups excluding carboxylic acids is 1. The van der Waals surface area contributed by atoms with E-state index in [0.29, 0.717) is 18.1 Å². The highest BCUT2D eigenvalue weighted by Crippen LogP contribution is 2.16. The summed E-state index contributed by atoms with van der Waals surface area (Å²) >= 11 is 0. The lowest BCUT2D eigenvalue weighted by Gasteiger charge is -2.11.